The highest BCUT2D eigenvalue weighted by Gasteiger charge is 2.35. The summed E-state index contributed by atoms with van der Waals surface area (Å²) in [6.07, 6.45) is -2.29. The second kappa shape index (κ2) is 7.26. The van der Waals surface area contributed by atoms with Crippen LogP contribution in [0.25, 0.3) is 11.0 Å². The van der Waals surface area contributed by atoms with E-state index in [1.54, 1.807) is 11.8 Å². The van der Waals surface area contributed by atoms with Crippen molar-refractivity contribution in [2.75, 3.05) is 18.9 Å². The van der Waals surface area contributed by atoms with Crippen molar-refractivity contribution in [1.29, 1.82) is 0 Å². The van der Waals surface area contributed by atoms with E-state index in [1.807, 2.05) is 31.3 Å². The van der Waals surface area contributed by atoms with Crippen LogP contribution >= 0.6 is 0 Å². The molecule has 9 heteroatoms. The molecule has 0 fully saturated rings. The number of aromatic amines is 1. The number of carbonyl (C=O) groups excluding carboxylic acids is 1. The van der Waals surface area contributed by atoms with E-state index >= 15 is 0 Å². The van der Waals surface area contributed by atoms with Crippen LogP contribution in [0.15, 0.2) is 36.8 Å². The molecular formula is C18H18F3N5O. The first-order valence-corrected chi connectivity index (χ1v) is 8.29. The molecule has 3 aromatic rings. The van der Waals surface area contributed by atoms with Gasteiger partial charge in [-0.25, -0.2) is 9.97 Å². The summed E-state index contributed by atoms with van der Waals surface area (Å²) in [5, 5.41) is 2.76. The van der Waals surface area contributed by atoms with Crippen molar-refractivity contribution in [3.05, 3.63) is 53.5 Å². The molecule has 2 N–H and O–H groups in total. The Morgan fingerprint density at radius 2 is 2.00 bits per heavy atom. The number of nitrogens with one attached hydrogen (secondary N) is 2. The number of amides is 1. The largest absolute Gasteiger partial charge is 0.418 e. The zero-order chi connectivity index (χ0) is 19.6. The maximum absolute atomic E-state index is 12.7. The fourth-order valence-electron chi connectivity index (χ4n) is 2.89. The van der Waals surface area contributed by atoms with Crippen LogP contribution in [0, 0.1) is 0 Å². The summed E-state index contributed by atoms with van der Waals surface area (Å²) < 4.78 is 38.0. The maximum Gasteiger partial charge on any atom is 0.418 e. The Hall–Kier alpha value is -3.10. The van der Waals surface area contributed by atoms with E-state index < -0.39 is 11.7 Å². The molecule has 0 spiro atoms. The van der Waals surface area contributed by atoms with Gasteiger partial charge in [-0.1, -0.05) is 18.2 Å². The van der Waals surface area contributed by atoms with Crippen molar-refractivity contribution in [2.45, 2.75) is 19.6 Å². The Bertz CT molecular complexity index is 967. The van der Waals surface area contributed by atoms with Crippen LogP contribution in [0.1, 0.15) is 28.4 Å². The fraction of sp³-hybridized carbons (Fsp3) is 0.278. The first-order valence-electron chi connectivity index (χ1n) is 8.29. The molecule has 1 aliphatic heterocycles. The number of anilines is 1. The summed E-state index contributed by atoms with van der Waals surface area (Å²) in [5.41, 5.74) is 1.42. The molecule has 1 amide bonds. The number of aromatic nitrogens is 3. The predicted molar refractivity (Wildman–Crippen MR) is 95.3 cm³/mol. The number of fused-ring (bicyclic) bond motifs is 2. The van der Waals surface area contributed by atoms with Crippen LogP contribution in [0.5, 0.6) is 0 Å². The molecule has 0 radical (unpaired) electrons. The van der Waals surface area contributed by atoms with Crippen LogP contribution < -0.4 is 5.32 Å². The maximum atomic E-state index is 12.7. The fourth-order valence-corrected chi connectivity index (χ4v) is 2.89. The summed E-state index contributed by atoms with van der Waals surface area (Å²) in [4.78, 5) is 23.1. The highest BCUT2D eigenvalue weighted by molar-refractivity contribution is 5.98. The van der Waals surface area contributed by atoms with E-state index in [0.29, 0.717) is 6.54 Å². The topological polar surface area (TPSA) is 73.9 Å². The Morgan fingerprint density at radius 1 is 1.26 bits per heavy atom. The summed E-state index contributed by atoms with van der Waals surface area (Å²) in [7, 11) is 1.82. The van der Waals surface area contributed by atoms with Gasteiger partial charge in [0, 0.05) is 31.9 Å². The van der Waals surface area contributed by atoms with E-state index in [-0.39, 0.29) is 22.8 Å². The van der Waals surface area contributed by atoms with E-state index in [0.717, 1.165) is 23.9 Å². The van der Waals surface area contributed by atoms with Gasteiger partial charge in [0.05, 0.1) is 10.9 Å². The number of nitrogens with zero attached hydrogens (tertiary/aromatic N) is 3. The van der Waals surface area contributed by atoms with Crippen LogP contribution in [-0.2, 0) is 12.7 Å². The lowest BCUT2D eigenvalue weighted by molar-refractivity contribution is -0.136. The number of hydrogen-bond donors (Lipinski definition) is 2. The Morgan fingerprint density at radius 3 is 2.67 bits per heavy atom. The molecular weight excluding hydrogens is 359 g/mol. The quantitative estimate of drug-likeness (QED) is 0.715. The molecule has 1 aliphatic rings. The third kappa shape index (κ3) is 3.71. The zero-order valence-electron chi connectivity index (χ0n) is 14.8. The third-order valence-electron chi connectivity index (χ3n) is 4.12. The molecule has 3 heterocycles. The van der Waals surface area contributed by atoms with Crippen molar-refractivity contribution in [2.24, 2.45) is 0 Å². The van der Waals surface area contributed by atoms with E-state index in [2.05, 4.69) is 20.3 Å². The number of alkyl halides is 3. The Labute approximate surface area is 153 Å². The Kier molecular flexibility index (Phi) is 5.02. The molecule has 1 aromatic carbocycles. The number of rotatable bonds is 2. The molecule has 0 bridgehead atoms. The minimum absolute atomic E-state index is 0.0168. The average molecular weight is 377 g/mol. The van der Waals surface area contributed by atoms with Gasteiger partial charge in [-0.2, -0.15) is 13.2 Å². The van der Waals surface area contributed by atoms with Crippen LogP contribution in [0.2, 0.25) is 0 Å². The lowest BCUT2D eigenvalue weighted by Crippen LogP contribution is -2.17. The molecule has 0 saturated heterocycles. The van der Waals surface area contributed by atoms with Crippen LogP contribution in [-0.4, -0.2) is 39.4 Å². The van der Waals surface area contributed by atoms with Crippen molar-refractivity contribution < 1.29 is 18.0 Å². The molecule has 0 atom stereocenters. The SMILES string of the molecule is CCNc1ncnc2[nH]cc(C(F)(F)F)c12.CN1Cc2ccccc2C1=O. The average Bonchev–Trinajstić information content (AvgIpc) is 3.19. The van der Waals surface area contributed by atoms with Gasteiger partial charge >= 0.3 is 6.18 Å². The predicted octanol–water partition coefficient (Wildman–Crippen LogP) is 3.68. The minimum atomic E-state index is -4.41. The van der Waals surface area contributed by atoms with Gasteiger partial charge in [0.25, 0.3) is 5.91 Å². The molecule has 2 aromatic heterocycles. The van der Waals surface area contributed by atoms with E-state index in [4.69, 9.17) is 0 Å². The summed E-state index contributed by atoms with van der Waals surface area (Å²) in [6.45, 7) is 3.04. The molecule has 0 aliphatic carbocycles. The normalized spacial score (nSPS) is 13.4. The molecule has 4 rings (SSSR count). The number of benzene rings is 1. The zero-order valence-corrected chi connectivity index (χ0v) is 14.8. The summed E-state index contributed by atoms with van der Waals surface area (Å²) >= 11 is 0. The summed E-state index contributed by atoms with van der Waals surface area (Å²) in [5.74, 6) is 0.335. The van der Waals surface area contributed by atoms with Gasteiger partial charge in [0.1, 0.15) is 17.8 Å². The van der Waals surface area contributed by atoms with E-state index in [9.17, 15) is 18.0 Å². The van der Waals surface area contributed by atoms with Crippen LogP contribution in [0.4, 0.5) is 19.0 Å². The molecule has 0 saturated carbocycles. The number of hydrogen-bond acceptors (Lipinski definition) is 4. The van der Waals surface area contributed by atoms with Crippen molar-refractivity contribution in [1.82, 2.24) is 19.9 Å². The van der Waals surface area contributed by atoms with Gasteiger partial charge in [0.2, 0.25) is 0 Å². The van der Waals surface area contributed by atoms with Crippen molar-refractivity contribution in [3.63, 3.8) is 0 Å². The first-order chi connectivity index (χ1) is 12.8. The minimum Gasteiger partial charge on any atom is -0.370 e. The van der Waals surface area contributed by atoms with Crippen LogP contribution in [0.3, 0.4) is 0 Å². The highest BCUT2D eigenvalue weighted by Crippen LogP contribution is 2.36. The second-order valence-electron chi connectivity index (χ2n) is 5.99. The third-order valence-corrected chi connectivity index (χ3v) is 4.12. The van der Waals surface area contributed by atoms with Crippen molar-refractivity contribution in [3.8, 4) is 0 Å². The Balaban J connectivity index is 0.000000166. The van der Waals surface area contributed by atoms with E-state index in [1.165, 1.54) is 6.33 Å². The summed E-state index contributed by atoms with van der Waals surface area (Å²) in [6, 6.07) is 7.74. The van der Waals surface area contributed by atoms with Gasteiger partial charge < -0.3 is 15.2 Å². The van der Waals surface area contributed by atoms with Gasteiger partial charge in [-0.3, -0.25) is 4.79 Å². The number of H-pyrrole nitrogens is 1. The highest BCUT2D eigenvalue weighted by atomic mass is 19.4. The number of halogens is 3. The second-order valence-corrected chi connectivity index (χ2v) is 5.99. The lowest BCUT2D eigenvalue weighted by atomic mass is 10.1. The standard InChI is InChI=1S/C9H9F3N4.C9H9NO/c1-2-13-7-6-5(9(10,11)12)3-14-8(6)16-4-15-7;1-10-6-7-4-2-3-5-8(7)9(10)11/h3-4H,2H2,1H3,(H2,13,14,15,16);2-5H,6H2,1H3. The lowest BCUT2D eigenvalue weighted by Gasteiger charge is -2.07. The first kappa shape index (κ1) is 18.7. The molecule has 0 unspecified atom stereocenters. The monoisotopic (exact) mass is 377 g/mol. The number of carbonyl (C=O) groups is 1. The van der Waals surface area contributed by atoms with Gasteiger partial charge in [-0.05, 0) is 18.6 Å². The van der Waals surface area contributed by atoms with Crippen molar-refractivity contribution >= 4 is 22.8 Å². The van der Waals surface area contributed by atoms with Gasteiger partial charge in [-0.15, -0.1) is 0 Å². The molecule has 6 nitrogen and oxygen atoms in total. The molecule has 27 heavy (non-hydrogen) atoms. The van der Waals surface area contributed by atoms with Gasteiger partial charge in [0.15, 0.2) is 0 Å². The smallest absolute Gasteiger partial charge is 0.370 e. The molecule has 142 valence electrons.